The number of amides is 3. The Morgan fingerprint density at radius 3 is 2.44 bits per heavy atom. The Morgan fingerprint density at radius 2 is 1.80 bits per heavy atom. The first kappa shape index (κ1) is 17.3. The SMILES string of the molecule is Cn1ccnc1SCC(=O)N1CCN(C(=O)Nc2ccccc2)CC1. The second-order valence-corrected chi connectivity index (χ2v) is 6.72. The second-order valence-electron chi connectivity index (χ2n) is 5.77. The normalized spacial score (nSPS) is 14.4. The number of rotatable bonds is 4. The number of hydrogen-bond donors (Lipinski definition) is 1. The summed E-state index contributed by atoms with van der Waals surface area (Å²) in [4.78, 5) is 32.3. The fourth-order valence-electron chi connectivity index (χ4n) is 2.59. The average molecular weight is 359 g/mol. The van der Waals surface area contributed by atoms with Gasteiger partial charge >= 0.3 is 6.03 Å². The molecule has 1 fully saturated rings. The van der Waals surface area contributed by atoms with E-state index in [1.807, 2.05) is 53.0 Å². The van der Waals surface area contributed by atoms with E-state index in [-0.39, 0.29) is 11.9 Å². The minimum atomic E-state index is -0.124. The molecule has 1 aromatic heterocycles. The van der Waals surface area contributed by atoms with E-state index in [2.05, 4.69) is 10.3 Å². The van der Waals surface area contributed by atoms with Crippen molar-refractivity contribution in [2.75, 3.05) is 37.2 Å². The fourth-order valence-corrected chi connectivity index (χ4v) is 3.43. The van der Waals surface area contributed by atoms with Crippen molar-refractivity contribution in [1.29, 1.82) is 0 Å². The maximum absolute atomic E-state index is 12.3. The summed E-state index contributed by atoms with van der Waals surface area (Å²) in [5, 5.41) is 3.70. The number of nitrogens with zero attached hydrogens (tertiary/aromatic N) is 4. The molecule has 0 saturated carbocycles. The van der Waals surface area contributed by atoms with Gasteiger partial charge in [0.2, 0.25) is 5.91 Å². The smallest absolute Gasteiger partial charge is 0.321 e. The Bertz CT molecular complexity index is 726. The molecule has 8 heteroatoms. The fraction of sp³-hybridized carbons (Fsp3) is 0.353. The summed E-state index contributed by atoms with van der Waals surface area (Å²) in [6.07, 6.45) is 3.58. The van der Waals surface area contributed by atoms with E-state index in [0.717, 1.165) is 10.8 Å². The van der Waals surface area contributed by atoms with Crippen molar-refractivity contribution in [2.24, 2.45) is 7.05 Å². The number of piperazine rings is 1. The Hall–Kier alpha value is -2.48. The average Bonchev–Trinajstić information content (AvgIpc) is 3.05. The molecule has 1 N–H and O–H groups in total. The van der Waals surface area contributed by atoms with Crippen LogP contribution in [0.2, 0.25) is 0 Å². The molecule has 0 bridgehead atoms. The zero-order valence-corrected chi connectivity index (χ0v) is 14.9. The maximum atomic E-state index is 12.3. The molecule has 1 aliphatic heterocycles. The molecule has 1 aliphatic rings. The van der Waals surface area contributed by atoms with Crippen molar-refractivity contribution in [3.63, 3.8) is 0 Å². The lowest BCUT2D eigenvalue weighted by Gasteiger charge is -2.34. The van der Waals surface area contributed by atoms with Crippen LogP contribution in [0.3, 0.4) is 0 Å². The van der Waals surface area contributed by atoms with Crippen molar-refractivity contribution < 1.29 is 9.59 Å². The second kappa shape index (κ2) is 8.06. The summed E-state index contributed by atoms with van der Waals surface area (Å²) in [7, 11) is 1.91. The monoisotopic (exact) mass is 359 g/mol. The number of thioether (sulfide) groups is 1. The number of aryl methyl sites for hydroxylation is 1. The number of para-hydroxylation sites is 1. The van der Waals surface area contributed by atoms with Crippen LogP contribution in [0.15, 0.2) is 47.9 Å². The van der Waals surface area contributed by atoms with Crippen molar-refractivity contribution in [2.45, 2.75) is 5.16 Å². The molecule has 0 radical (unpaired) electrons. The zero-order valence-electron chi connectivity index (χ0n) is 14.1. The quantitative estimate of drug-likeness (QED) is 0.847. The highest BCUT2D eigenvalue weighted by Gasteiger charge is 2.24. The number of benzene rings is 1. The molecule has 0 unspecified atom stereocenters. The van der Waals surface area contributed by atoms with Crippen LogP contribution in [0.1, 0.15) is 0 Å². The van der Waals surface area contributed by atoms with Gasteiger partial charge in [0.25, 0.3) is 0 Å². The van der Waals surface area contributed by atoms with Gasteiger partial charge in [0.1, 0.15) is 0 Å². The molecule has 2 aromatic rings. The van der Waals surface area contributed by atoms with Crippen LogP contribution in [0.5, 0.6) is 0 Å². The number of aromatic nitrogens is 2. The molecule has 1 aromatic carbocycles. The van der Waals surface area contributed by atoms with Gasteiger partial charge in [0, 0.05) is 51.3 Å². The van der Waals surface area contributed by atoms with Crippen molar-refractivity contribution in [3.8, 4) is 0 Å². The number of anilines is 1. The van der Waals surface area contributed by atoms with Gasteiger partial charge < -0.3 is 19.7 Å². The Balaban J connectivity index is 1.44. The van der Waals surface area contributed by atoms with Crippen LogP contribution < -0.4 is 5.32 Å². The van der Waals surface area contributed by atoms with E-state index in [4.69, 9.17) is 0 Å². The lowest BCUT2D eigenvalue weighted by Crippen LogP contribution is -2.52. The molecule has 3 amide bonds. The lowest BCUT2D eigenvalue weighted by molar-refractivity contribution is -0.129. The van der Waals surface area contributed by atoms with Crippen LogP contribution in [0.25, 0.3) is 0 Å². The number of hydrogen-bond acceptors (Lipinski definition) is 4. The first-order chi connectivity index (χ1) is 12.1. The minimum absolute atomic E-state index is 0.0797. The van der Waals surface area contributed by atoms with Gasteiger partial charge in [-0.05, 0) is 12.1 Å². The zero-order chi connectivity index (χ0) is 17.6. The first-order valence-corrected chi connectivity index (χ1v) is 9.11. The van der Waals surface area contributed by atoms with E-state index in [0.29, 0.717) is 31.9 Å². The largest absolute Gasteiger partial charge is 0.338 e. The third kappa shape index (κ3) is 4.54. The van der Waals surface area contributed by atoms with E-state index in [9.17, 15) is 9.59 Å². The Labute approximate surface area is 151 Å². The van der Waals surface area contributed by atoms with Gasteiger partial charge in [0.15, 0.2) is 5.16 Å². The van der Waals surface area contributed by atoms with Crippen LogP contribution in [0, 0.1) is 0 Å². The van der Waals surface area contributed by atoms with Crippen LogP contribution in [-0.4, -0.2) is 63.2 Å². The molecular weight excluding hydrogens is 338 g/mol. The van der Waals surface area contributed by atoms with Gasteiger partial charge in [-0.2, -0.15) is 0 Å². The first-order valence-electron chi connectivity index (χ1n) is 8.12. The van der Waals surface area contributed by atoms with E-state index in [1.165, 1.54) is 11.8 Å². The van der Waals surface area contributed by atoms with Gasteiger partial charge in [0.05, 0.1) is 5.75 Å². The van der Waals surface area contributed by atoms with Gasteiger partial charge in [-0.3, -0.25) is 4.79 Å². The molecule has 1 saturated heterocycles. The molecule has 7 nitrogen and oxygen atoms in total. The number of imidazole rings is 1. The molecule has 0 atom stereocenters. The lowest BCUT2D eigenvalue weighted by atomic mass is 10.3. The highest BCUT2D eigenvalue weighted by atomic mass is 32.2. The highest BCUT2D eigenvalue weighted by molar-refractivity contribution is 7.99. The summed E-state index contributed by atoms with van der Waals surface area (Å²) in [6.45, 7) is 2.19. The number of urea groups is 1. The molecule has 2 heterocycles. The van der Waals surface area contributed by atoms with E-state index < -0.39 is 0 Å². The molecule has 3 rings (SSSR count). The minimum Gasteiger partial charge on any atom is -0.338 e. The van der Waals surface area contributed by atoms with Crippen LogP contribution in [0.4, 0.5) is 10.5 Å². The Kier molecular flexibility index (Phi) is 5.60. The number of carbonyl (C=O) groups excluding carboxylic acids is 2. The van der Waals surface area contributed by atoms with Crippen molar-refractivity contribution in [1.82, 2.24) is 19.4 Å². The van der Waals surface area contributed by atoms with Gasteiger partial charge in [-0.15, -0.1) is 0 Å². The van der Waals surface area contributed by atoms with E-state index in [1.54, 1.807) is 11.1 Å². The van der Waals surface area contributed by atoms with E-state index >= 15 is 0 Å². The molecule has 25 heavy (non-hydrogen) atoms. The third-order valence-corrected chi connectivity index (χ3v) is 5.09. The molecule has 132 valence electrons. The van der Waals surface area contributed by atoms with Crippen molar-refractivity contribution >= 4 is 29.4 Å². The van der Waals surface area contributed by atoms with Crippen molar-refractivity contribution in [3.05, 3.63) is 42.7 Å². The number of carbonyl (C=O) groups is 2. The predicted molar refractivity (Wildman–Crippen MR) is 97.5 cm³/mol. The predicted octanol–water partition coefficient (Wildman–Crippen LogP) is 1.89. The number of nitrogens with one attached hydrogen (secondary N) is 1. The summed E-state index contributed by atoms with van der Waals surface area (Å²) in [5.41, 5.74) is 0.775. The summed E-state index contributed by atoms with van der Waals surface area (Å²) >= 11 is 1.43. The van der Waals surface area contributed by atoms with Gasteiger partial charge in [-0.1, -0.05) is 30.0 Å². The van der Waals surface area contributed by atoms with Crippen LogP contribution in [-0.2, 0) is 11.8 Å². The molecule has 0 spiro atoms. The summed E-state index contributed by atoms with van der Waals surface area (Å²) < 4.78 is 1.89. The summed E-state index contributed by atoms with van der Waals surface area (Å²) in [6, 6.07) is 9.25. The van der Waals surface area contributed by atoms with Gasteiger partial charge in [-0.25, -0.2) is 9.78 Å². The third-order valence-electron chi connectivity index (χ3n) is 4.05. The maximum Gasteiger partial charge on any atom is 0.321 e. The Morgan fingerprint density at radius 1 is 1.12 bits per heavy atom. The topological polar surface area (TPSA) is 70.5 Å². The summed E-state index contributed by atoms with van der Waals surface area (Å²) in [5.74, 6) is 0.442. The highest BCUT2D eigenvalue weighted by Crippen LogP contribution is 2.16. The standard InChI is InChI=1S/C17H21N5O2S/c1-20-8-7-18-17(20)25-13-15(23)21-9-11-22(12-10-21)16(24)19-14-5-3-2-4-6-14/h2-8H,9-13H2,1H3,(H,19,24). The molecular formula is C17H21N5O2S. The molecule has 0 aliphatic carbocycles. The van der Waals surface area contributed by atoms with Crippen LogP contribution >= 0.6 is 11.8 Å².